The minimum Gasteiger partial charge on any atom is -0.327 e. The molecular formula is C13H28N2. The van der Waals surface area contributed by atoms with Gasteiger partial charge in [-0.2, -0.15) is 0 Å². The Balaban J connectivity index is 2.26. The third-order valence-corrected chi connectivity index (χ3v) is 3.88. The minimum atomic E-state index is 0.372. The van der Waals surface area contributed by atoms with E-state index >= 15 is 0 Å². The van der Waals surface area contributed by atoms with Crippen LogP contribution < -0.4 is 5.73 Å². The van der Waals surface area contributed by atoms with E-state index < -0.39 is 0 Å². The van der Waals surface area contributed by atoms with Gasteiger partial charge in [-0.3, -0.25) is 0 Å². The number of nitrogens with two attached hydrogens (primary N) is 1. The van der Waals surface area contributed by atoms with Gasteiger partial charge in [-0.05, 0) is 51.1 Å². The summed E-state index contributed by atoms with van der Waals surface area (Å²) in [5.74, 6) is 1.53. The first kappa shape index (κ1) is 13.0. The quantitative estimate of drug-likeness (QED) is 0.776. The zero-order valence-electron chi connectivity index (χ0n) is 10.9. The Morgan fingerprint density at radius 3 is 2.53 bits per heavy atom. The van der Waals surface area contributed by atoms with Gasteiger partial charge in [0.25, 0.3) is 0 Å². The highest BCUT2D eigenvalue weighted by molar-refractivity contribution is 4.78. The highest BCUT2D eigenvalue weighted by Gasteiger charge is 2.22. The Labute approximate surface area is 95.2 Å². The van der Waals surface area contributed by atoms with Crippen molar-refractivity contribution in [2.45, 2.75) is 59.0 Å². The van der Waals surface area contributed by atoms with Crippen molar-refractivity contribution in [1.29, 1.82) is 0 Å². The van der Waals surface area contributed by atoms with E-state index in [4.69, 9.17) is 5.73 Å². The average molecular weight is 212 g/mol. The summed E-state index contributed by atoms with van der Waals surface area (Å²) in [6, 6.07) is 1.13. The first-order valence-corrected chi connectivity index (χ1v) is 6.50. The molecule has 0 aromatic rings. The number of hydrogen-bond acceptors (Lipinski definition) is 2. The molecular weight excluding hydrogens is 184 g/mol. The molecule has 0 bridgehead atoms. The first-order chi connectivity index (χ1) is 7.00. The summed E-state index contributed by atoms with van der Waals surface area (Å²) < 4.78 is 0. The molecule has 0 aliphatic carbocycles. The van der Waals surface area contributed by atoms with Crippen molar-refractivity contribution in [3.05, 3.63) is 0 Å². The summed E-state index contributed by atoms with van der Waals surface area (Å²) in [4.78, 5) is 2.61. The fourth-order valence-electron chi connectivity index (χ4n) is 2.44. The number of nitrogens with zero attached hydrogens (tertiary/aromatic N) is 1. The summed E-state index contributed by atoms with van der Waals surface area (Å²) in [7, 11) is 0. The smallest absolute Gasteiger partial charge is 0.00740 e. The van der Waals surface area contributed by atoms with E-state index in [-0.39, 0.29) is 0 Å². The maximum atomic E-state index is 6.08. The van der Waals surface area contributed by atoms with E-state index in [1.807, 2.05) is 0 Å². The van der Waals surface area contributed by atoms with Crippen LogP contribution in [0.1, 0.15) is 47.0 Å². The molecule has 1 rings (SSSR count). The topological polar surface area (TPSA) is 29.3 Å². The lowest BCUT2D eigenvalue weighted by atomic mass is 9.92. The molecule has 2 N–H and O–H groups in total. The zero-order chi connectivity index (χ0) is 11.4. The summed E-state index contributed by atoms with van der Waals surface area (Å²) >= 11 is 0. The molecule has 0 saturated carbocycles. The molecule has 0 aromatic heterocycles. The molecule has 3 unspecified atom stereocenters. The average Bonchev–Trinajstić information content (AvgIpc) is 2.15. The largest absolute Gasteiger partial charge is 0.327 e. The lowest BCUT2D eigenvalue weighted by molar-refractivity contribution is 0.123. The summed E-state index contributed by atoms with van der Waals surface area (Å²) in [6.45, 7) is 11.6. The molecule has 0 radical (unpaired) electrons. The fourth-order valence-corrected chi connectivity index (χ4v) is 2.44. The van der Waals surface area contributed by atoms with Crippen molar-refractivity contribution < 1.29 is 0 Å². The van der Waals surface area contributed by atoms with E-state index in [2.05, 4.69) is 32.6 Å². The lowest BCUT2D eigenvalue weighted by Gasteiger charge is -2.37. The van der Waals surface area contributed by atoms with Crippen LogP contribution in [0.2, 0.25) is 0 Å². The Hall–Kier alpha value is -0.0800. The third-order valence-electron chi connectivity index (χ3n) is 3.88. The zero-order valence-corrected chi connectivity index (χ0v) is 10.9. The minimum absolute atomic E-state index is 0.372. The van der Waals surface area contributed by atoms with Crippen molar-refractivity contribution in [2.24, 2.45) is 17.6 Å². The van der Waals surface area contributed by atoms with E-state index in [0.29, 0.717) is 12.0 Å². The van der Waals surface area contributed by atoms with Gasteiger partial charge in [0.05, 0.1) is 0 Å². The molecule has 0 spiro atoms. The second-order valence-electron chi connectivity index (χ2n) is 5.71. The Bertz CT molecular complexity index is 179. The summed E-state index contributed by atoms with van der Waals surface area (Å²) in [6.07, 6.45) is 3.87. The van der Waals surface area contributed by atoms with Crippen LogP contribution in [-0.2, 0) is 0 Å². The van der Waals surface area contributed by atoms with Crippen LogP contribution in [0.3, 0.4) is 0 Å². The van der Waals surface area contributed by atoms with Crippen LogP contribution in [0.5, 0.6) is 0 Å². The first-order valence-electron chi connectivity index (χ1n) is 6.50. The molecule has 1 heterocycles. The van der Waals surface area contributed by atoms with Crippen molar-refractivity contribution >= 4 is 0 Å². The second kappa shape index (κ2) is 5.86. The van der Waals surface area contributed by atoms with Gasteiger partial charge in [0.2, 0.25) is 0 Å². The highest BCUT2D eigenvalue weighted by atomic mass is 15.2. The van der Waals surface area contributed by atoms with Crippen molar-refractivity contribution in [3.63, 3.8) is 0 Å². The Morgan fingerprint density at radius 1 is 1.33 bits per heavy atom. The molecule has 1 aliphatic rings. The predicted molar refractivity (Wildman–Crippen MR) is 66.9 cm³/mol. The second-order valence-corrected chi connectivity index (χ2v) is 5.71. The van der Waals surface area contributed by atoms with Gasteiger partial charge in [0.15, 0.2) is 0 Å². The number of likely N-dealkylation sites (tertiary alicyclic amines) is 1. The fraction of sp³-hybridized carbons (Fsp3) is 1.00. The van der Waals surface area contributed by atoms with Gasteiger partial charge in [-0.1, -0.05) is 20.8 Å². The number of hydrogen-bond donors (Lipinski definition) is 1. The molecule has 1 saturated heterocycles. The van der Waals surface area contributed by atoms with Crippen molar-refractivity contribution in [1.82, 2.24) is 4.90 Å². The van der Waals surface area contributed by atoms with Crippen LogP contribution in [0.15, 0.2) is 0 Å². The number of piperidine rings is 1. The van der Waals surface area contributed by atoms with Gasteiger partial charge in [0, 0.05) is 12.1 Å². The van der Waals surface area contributed by atoms with Gasteiger partial charge < -0.3 is 10.6 Å². The van der Waals surface area contributed by atoms with E-state index in [1.54, 1.807) is 0 Å². The van der Waals surface area contributed by atoms with Crippen LogP contribution >= 0.6 is 0 Å². The molecule has 1 aliphatic heterocycles. The molecule has 15 heavy (non-hydrogen) atoms. The van der Waals surface area contributed by atoms with Gasteiger partial charge in [0.1, 0.15) is 0 Å². The summed E-state index contributed by atoms with van der Waals surface area (Å²) in [5, 5.41) is 0. The monoisotopic (exact) mass is 212 g/mol. The van der Waals surface area contributed by atoms with E-state index in [9.17, 15) is 0 Å². The van der Waals surface area contributed by atoms with E-state index in [1.165, 1.54) is 25.9 Å². The molecule has 90 valence electrons. The van der Waals surface area contributed by atoms with Gasteiger partial charge in [-0.15, -0.1) is 0 Å². The van der Waals surface area contributed by atoms with Crippen LogP contribution in [0.4, 0.5) is 0 Å². The maximum Gasteiger partial charge on any atom is 0.00740 e. The van der Waals surface area contributed by atoms with Crippen LogP contribution in [0, 0.1) is 11.8 Å². The molecule has 3 atom stereocenters. The molecule has 2 nitrogen and oxygen atoms in total. The molecule has 0 amide bonds. The highest BCUT2D eigenvalue weighted by Crippen LogP contribution is 2.22. The number of rotatable bonds is 4. The third kappa shape index (κ3) is 4.12. The van der Waals surface area contributed by atoms with Crippen molar-refractivity contribution in [3.8, 4) is 0 Å². The van der Waals surface area contributed by atoms with Crippen LogP contribution in [-0.4, -0.2) is 30.1 Å². The molecule has 1 fully saturated rings. The Morgan fingerprint density at radius 2 is 2.00 bits per heavy atom. The van der Waals surface area contributed by atoms with Crippen molar-refractivity contribution in [2.75, 3.05) is 13.1 Å². The van der Waals surface area contributed by atoms with Gasteiger partial charge >= 0.3 is 0 Å². The predicted octanol–water partition coefficient (Wildman–Crippen LogP) is 2.48. The van der Waals surface area contributed by atoms with E-state index in [0.717, 1.165) is 18.4 Å². The standard InChI is InChI=1S/C13H28N2/c1-10(2)13(14)6-8-15-7-5-11(3)9-12(15)4/h10-13H,5-9,14H2,1-4H3. The van der Waals surface area contributed by atoms with Gasteiger partial charge in [-0.25, -0.2) is 0 Å². The molecule has 2 heteroatoms. The lowest BCUT2D eigenvalue weighted by Crippen LogP contribution is -2.42. The Kier molecular flexibility index (Phi) is 5.07. The normalized spacial score (nSPS) is 30.8. The summed E-state index contributed by atoms with van der Waals surface area (Å²) in [5.41, 5.74) is 6.08. The van der Waals surface area contributed by atoms with Crippen LogP contribution in [0.25, 0.3) is 0 Å². The maximum absolute atomic E-state index is 6.08. The molecule has 0 aromatic carbocycles. The SMILES string of the molecule is CC1CCN(CCC(N)C(C)C)C(C)C1.